The van der Waals surface area contributed by atoms with Gasteiger partial charge in [-0.3, -0.25) is 4.57 Å². The zero-order valence-corrected chi connectivity index (χ0v) is 14.5. The van der Waals surface area contributed by atoms with Crippen molar-refractivity contribution in [2.45, 2.75) is 6.18 Å². The summed E-state index contributed by atoms with van der Waals surface area (Å²) >= 11 is 1.22. The van der Waals surface area contributed by atoms with Crippen LogP contribution >= 0.6 is 11.3 Å². The van der Waals surface area contributed by atoms with Crippen molar-refractivity contribution in [3.63, 3.8) is 0 Å². The lowest BCUT2D eigenvalue weighted by atomic mass is 10.2. The van der Waals surface area contributed by atoms with Crippen LogP contribution in [0.3, 0.4) is 0 Å². The number of thiophene rings is 1. The molecule has 0 bridgehead atoms. The monoisotopic (exact) mass is 382 g/mol. The van der Waals surface area contributed by atoms with E-state index < -0.39 is 23.5 Å². The molecule has 5 nitrogen and oxygen atoms in total. The van der Waals surface area contributed by atoms with Gasteiger partial charge in [-0.25, -0.2) is 9.78 Å². The van der Waals surface area contributed by atoms with Gasteiger partial charge in [-0.05, 0) is 35.7 Å². The van der Waals surface area contributed by atoms with Crippen LogP contribution < -0.4 is 4.74 Å². The molecular formula is C17H13F3N2O3S. The number of hydrogen-bond acceptors (Lipinski definition) is 5. The second-order valence-corrected chi connectivity index (χ2v) is 6.08. The molecule has 0 N–H and O–H groups in total. The molecule has 136 valence electrons. The summed E-state index contributed by atoms with van der Waals surface area (Å²) in [4.78, 5) is 16.4. The highest BCUT2D eigenvalue weighted by Crippen LogP contribution is 2.39. The highest BCUT2D eigenvalue weighted by Gasteiger charge is 2.43. The van der Waals surface area contributed by atoms with Crippen molar-refractivity contribution in [2.24, 2.45) is 0 Å². The summed E-state index contributed by atoms with van der Waals surface area (Å²) in [6, 6.07) is 9.32. The van der Waals surface area contributed by atoms with Crippen LogP contribution in [0.25, 0.3) is 16.4 Å². The third kappa shape index (κ3) is 3.17. The van der Waals surface area contributed by atoms with Gasteiger partial charge in [0.15, 0.2) is 17.2 Å². The minimum absolute atomic E-state index is 0.0119. The van der Waals surface area contributed by atoms with E-state index in [1.54, 1.807) is 17.5 Å². The second-order valence-electron chi connectivity index (χ2n) is 5.13. The summed E-state index contributed by atoms with van der Waals surface area (Å²) in [6.45, 7) is 0. The lowest BCUT2D eigenvalue weighted by Gasteiger charge is -2.14. The SMILES string of the molecule is COC(=O)c1nc(-c2cccs2)n(-c2ccc(OC)cc2)c1C(F)(F)F. The number of hydrogen-bond donors (Lipinski definition) is 0. The first-order chi connectivity index (χ1) is 12.4. The molecule has 0 spiro atoms. The molecule has 3 aromatic rings. The molecule has 26 heavy (non-hydrogen) atoms. The number of imidazole rings is 1. The molecule has 1 aromatic carbocycles. The van der Waals surface area contributed by atoms with Crippen LogP contribution in [-0.4, -0.2) is 29.7 Å². The maximum absolute atomic E-state index is 13.8. The van der Waals surface area contributed by atoms with Gasteiger partial charge in [0.1, 0.15) is 5.75 Å². The quantitative estimate of drug-likeness (QED) is 0.627. The van der Waals surface area contributed by atoms with Crippen LogP contribution in [0.5, 0.6) is 5.75 Å². The van der Waals surface area contributed by atoms with Gasteiger partial charge in [-0.1, -0.05) is 6.07 Å². The summed E-state index contributed by atoms with van der Waals surface area (Å²) in [5, 5.41) is 1.72. The number of alkyl halides is 3. The van der Waals surface area contributed by atoms with Crippen LogP contribution in [-0.2, 0) is 10.9 Å². The predicted octanol–water partition coefficient (Wildman–Crippen LogP) is 4.41. The summed E-state index contributed by atoms with van der Waals surface area (Å²) in [7, 11) is 2.47. The Morgan fingerprint density at radius 3 is 2.35 bits per heavy atom. The molecule has 9 heteroatoms. The fourth-order valence-electron chi connectivity index (χ4n) is 2.47. The Morgan fingerprint density at radius 2 is 1.85 bits per heavy atom. The number of aromatic nitrogens is 2. The number of benzene rings is 1. The lowest BCUT2D eigenvalue weighted by molar-refractivity contribution is -0.142. The first-order valence-electron chi connectivity index (χ1n) is 7.33. The summed E-state index contributed by atoms with van der Waals surface area (Å²) in [5.41, 5.74) is -1.76. The highest BCUT2D eigenvalue weighted by atomic mass is 32.1. The lowest BCUT2D eigenvalue weighted by Crippen LogP contribution is -2.18. The Labute approximate surface area is 150 Å². The largest absolute Gasteiger partial charge is 0.497 e. The van der Waals surface area contributed by atoms with Gasteiger partial charge in [0.2, 0.25) is 0 Å². The van der Waals surface area contributed by atoms with E-state index in [1.165, 1.54) is 42.7 Å². The van der Waals surface area contributed by atoms with Crippen LogP contribution in [0.1, 0.15) is 16.2 Å². The minimum atomic E-state index is -4.81. The van der Waals surface area contributed by atoms with Gasteiger partial charge in [0.05, 0.1) is 19.1 Å². The molecule has 0 atom stereocenters. The fourth-order valence-corrected chi connectivity index (χ4v) is 3.18. The third-order valence-corrected chi connectivity index (χ3v) is 4.46. The second kappa shape index (κ2) is 6.83. The van der Waals surface area contributed by atoms with Crippen LogP contribution in [0.4, 0.5) is 13.2 Å². The average Bonchev–Trinajstić information content (AvgIpc) is 3.27. The van der Waals surface area contributed by atoms with Crippen molar-refractivity contribution in [1.29, 1.82) is 0 Å². The molecule has 0 aliphatic rings. The van der Waals surface area contributed by atoms with E-state index in [0.717, 1.165) is 11.7 Å². The third-order valence-electron chi connectivity index (χ3n) is 3.60. The van der Waals surface area contributed by atoms with Crippen LogP contribution in [0, 0.1) is 0 Å². The molecule has 2 heterocycles. The smallest absolute Gasteiger partial charge is 0.434 e. The molecule has 2 aromatic heterocycles. The molecule has 0 fully saturated rings. The Morgan fingerprint density at radius 1 is 1.15 bits per heavy atom. The van der Waals surface area contributed by atoms with E-state index in [9.17, 15) is 18.0 Å². The van der Waals surface area contributed by atoms with E-state index in [4.69, 9.17) is 4.74 Å². The fraction of sp³-hybridized carbons (Fsp3) is 0.176. The average molecular weight is 382 g/mol. The molecule has 0 aliphatic heterocycles. The molecule has 0 aliphatic carbocycles. The van der Waals surface area contributed by atoms with E-state index >= 15 is 0 Å². The molecule has 0 radical (unpaired) electrons. The normalized spacial score (nSPS) is 11.4. The van der Waals surface area contributed by atoms with Crippen molar-refractivity contribution < 1.29 is 27.4 Å². The van der Waals surface area contributed by atoms with Crippen LogP contribution in [0.15, 0.2) is 41.8 Å². The van der Waals surface area contributed by atoms with Crippen molar-refractivity contribution in [3.8, 4) is 22.1 Å². The predicted molar refractivity (Wildman–Crippen MR) is 89.8 cm³/mol. The molecule has 3 rings (SSSR count). The maximum atomic E-state index is 13.8. The standard InChI is InChI=1S/C17H13F3N2O3S/c1-24-11-7-5-10(6-8-11)22-14(17(18,19)20)13(16(23)25-2)21-15(22)12-4-3-9-26-12/h3-9H,1-2H3. The zero-order valence-electron chi connectivity index (χ0n) is 13.7. The van der Waals surface area contributed by atoms with Crippen molar-refractivity contribution in [1.82, 2.24) is 9.55 Å². The number of ether oxygens (including phenoxy) is 2. The number of carbonyl (C=O) groups excluding carboxylic acids is 1. The summed E-state index contributed by atoms with van der Waals surface area (Å²) in [6.07, 6.45) is -4.81. The Balaban J connectivity index is 2.34. The number of esters is 1. The zero-order chi connectivity index (χ0) is 18.9. The van der Waals surface area contributed by atoms with E-state index in [-0.39, 0.29) is 11.5 Å². The van der Waals surface area contributed by atoms with Crippen molar-refractivity contribution in [3.05, 3.63) is 53.2 Å². The number of halogens is 3. The van der Waals surface area contributed by atoms with Crippen LogP contribution in [0.2, 0.25) is 0 Å². The highest BCUT2D eigenvalue weighted by molar-refractivity contribution is 7.13. The van der Waals surface area contributed by atoms with E-state index in [0.29, 0.717) is 10.6 Å². The van der Waals surface area contributed by atoms with Gasteiger partial charge >= 0.3 is 12.1 Å². The number of nitrogens with zero attached hydrogens (tertiary/aromatic N) is 2. The topological polar surface area (TPSA) is 53.3 Å². The molecule has 0 saturated heterocycles. The minimum Gasteiger partial charge on any atom is -0.497 e. The first kappa shape index (κ1) is 18.0. The van der Waals surface area contributed by atoms with Gasteiger partial charge < -0.3 is 9.47 Å². The van der Waals surface area contributed by atoms with Crippen molar-refractivity contribution in [2.75, 3.05) is 14.2 Å². The molecule has 0 amide bonds. The number of carbonyl (C=O) groups is 1. The van der Waals surface area contributed by atoms with E-state index in [2.05, 4.69) is 9.72 Å². The van der Waals surface area contributed by atoms with Gasteiger partial charge in [0.25, 0.3) is 0 Å². The Hall–Kier alpha value is -2.81. The number of methoxy groups -OCH3 is 2. The number of rotatable bonds is 4. The Bertz CT molecular complexity index is 916. The summed E-state index contributed by atoms with van der Waals surface area (Å²) in [5.74, 6) is -0.645. The van der Waals surface area contributed by atoms with Crippen molar-refractivity contribution >= 4 is 17.3 Å². The van der Waals surface area contributed by atoms with E-state index in [1.807, 2.05) is 0 Å². The first-order valence-corrected chi connectivity index (χ1v) is 8.21. The van der Waals surface area contributed by atoms with Gasteiger partial charge in [0, 0.05) is 5.69 Å². The molecular weight excluding hydrogens is 369 g/mol. The Kier molecular flexibility index (Phi) is 4.73. The summed E-state index contributed by atoms with van der Waals surface area (Å²) < 4.78 is 51.9. The van der Waals surface area contributed by atoms with Gasteiger partial charge in [-0.2, -0.15) is 13.2 Å². The van der Waals surface area contributed by atoms with Gasteiger partial charge in [-0.15, -0.1) is 11.3 Å². The molecule has 0 saturated carbocycles. The maximum Gasteiger partial charge on any atom is 0.434 e. The molecule has 0 unspecified atom stereocenters.